The summed E-state index contributed by atoms with van der Waals surface area (Å²) < 4.78 is 10.9. The lowest BCUT2D eigenvalue weighted by molar-refractivity contribution is 0.367. The normalized spacial score (nSPS) is 10.2. The van der Waals surface area contributed by atoms with Crippen molar-refractivity contribution in [2.24, 2.45) is 0 Å². The van der Waals surface area contributed by atoms with Gasteiger partial charge in [-0.05, 0) is 18.2 Å². The first-order valence-electron chi connectivity index (χ1n) is 5.72. The van der Waals surface area contributed by atoms with E-state index < -0.39 is 0 Å². The molecule has 0 N–H and O–H groups in total. The zero-order valence-corrected chi connectivity index (χ0v) is 12.7. The molecule has 0 atom stereocenters. The summed E-state index contributed by atoms with van der Waals surface area (Å²) in [6, 6.07) is 4.91. The minimum absolute atomic E-state index is 0.296. The number of hydrogen-bond acceptors (Lipinski definition) is 5. The van der Waals surface area contributed by atoms with Crippen LogP contribution < -0.4 is 14.4 Å². The van der Waals surface area contributed by atoms with Crippen LogP contribution >= 0.6 is 23.2 Å². The molecule has 0 aliphatic heterocycles. The summed E-state index contributed by atoms with van der Waals surface area (Å²) in [4.78, 5) is 10.2. The lowest BCUT2D eigenvalue weighted by Crippen LogP contribution is -2.13. The molecule has 0 saturated carbocycles. The zero-order chi connectivity index (χ0) is 14.7. The van der Waals surface area contributed by atoms with Crippen molar-refractivity contribution in [3.05, 3.63) is 34.4 Å². The van der Waals surface area contributed by atoms with Crippen molar-refractivity contribution >= 4 is 29.2 Å². The molecule has 7 heteroatoms. The zero-order valence-electron chi connectivity index (χ0n) is 11.2. The van der Waals surface area contributed by atoms with Crippen LogP contribution in [0.3, 0.4) is 0 Å². The first kappa shape index (κ1) is 14.7. The Balaban J connectivity index is 2.38. The Morgan fingerprint density at radius 2 is 1.75 bits per heavy atom. The van der Waals surface area contributed by atoms with Gasteiger partial charge >= 0.3 is 0 Å². The molecule has 1 heterocycles. The molecular weight excluding hydrogens is 301 g/mol. The van der Waals surface area contributed by atoms with Crippen molar-refractivity contribution in [1.82, 2.24) is 9.97 Å². The first-order chi connectivity index (χ1) is 9.49. The highest BCUT2D eigenvalue weighted by molar-refractivity contribution is 6.34. The van der Waals surface area contributed by atoms with Crippen LogP contribution in [0.4, 0.5) is 5.95 Å². The maximum atomic E-state index is 5.94. The highest BCUT2D eigenvalue weighted by Crippen LogP contribution is 2.32. The lowest BCUT2D eigenvalue weighted by atomic mass is 10.3. The van der Waals surface area contributed by atoms with Gasteiger partial charge in [-0.25, -0.2) is 4.98 Å². The average Bonchev–Trinajstić information content (AvgIpc) is 2.37. The van der Waals surface area contributed by atoms with Crippen molar-refractivity contribution < 1.29 is 9.47 Å². The molecule has 0 fully saturated rings. The number of methoxy groups -OCH3 is 1. The molecule has 2 aromatic rings. The molecule has 0 unspecified atom stereocenters. The molecule has 0 radical (unpaired) electrons. The first-order valence-corrected chi connectivity index (χ1v) is 6.47. The molecule has 2 rings (SSSR count). The number of halogens is 2. The number of ether oxygens (including phenoxy) is 2. The molecule has 20 heavy (non-hydrogen) atoms. The van der Waals surface area contributed by atoms with Crippen molar-refractivity contribution in [3.63, 3.8) is 0 Å². The fourth-order valence-corrected chi connectivity index (χ4v) is 1.98. The van der Waals surface area contributed by atoms with Gasteiger partial charge in [0.05, 0.1) is 13.3 Å². The van der Waals surface area contributed by atoms with Crippen molar-refractivity contribution in [2.45, 2.75) is 0 Å². The minimum atomic E-state index is 0.296. The van der Waals surface area contributed by atoms with Crippen molar-refractivity contribution in [3.8, 4) is 17.4 Å². The van der Waals surface area contributed by atoms with Gasteiger partial charge in [-0.1, -0.05) is 23.2 Å². The van der Waals surface area contributed by atoms with Gasteiger partial charge in [-0.3, -0.25) is 0 Å². The van der Waals surface area contributed by atoms with E-state index in [2.05, 4.69) is 9.97 Å². The van der Waals surface area contributed by atoms with Crippen molar-refractivity contribution in [2.75, 3.05) is 26.1 Å². The minimum Gasteiger partial charge on any atom is -0.490 e. The fourth-order valence-electron chi connectivity index (χ4n) is 1.47. The number of nitrogens with zero attached hydrogens (tertiary/aromatic N) is 3. The summed E-state index contributed by atoms with van der Waals surface area (Å²) in [5.74, 6) is 1.70. The molecular formula is C13H13Cl2N3O2. The molecule has 0 spiro atoms. The molecule has 0 aliphatic rings. The Hall–Kier alpha value is -1.72. The second kappa shape index (κ2) is 6.15. The van der Waals surface area contributed by atoms with E-state index in [9.17, 15) is 0 Å². The highest BCUT2D eigenvalue weighted by atomic mass is 35.5. The van der Waals surface area contributed by atoms with E-state index in [-0.39, 0.29) is 0 Å². The van der Waals surface area contributed by atoms with Crippen LogP contribution in [0.5, 0.6) is 17.4 Å². The van der Waals surface area contributed by atoms with Crippen LogP contribution in [0.1, 0.15) is 0 Å². The Morgan fingerprint density at radius 3 is 2.30 bits per heavy atom. The smallest absolute Gasteiger partial charge is 0.267 e. The third kappa shape index (κ3) is 3.43. The van der Waals surface area contributed by atoms with Gasteiger partial charge in [-0.15, -0.1) is 0 Å². The van der Waals surface area contributed by atoms with Crippen LogP contribution in [0.15, 0.2) is 24.4 Å². The van der Waals surface area contributed by atoms with Crippen LogP contribution in [-0.4, -0.2) is 31.2 Å². The Bertz CT molecular complexity index is 600. The summed E-state index contributed by atoms with van der Waals surface area (Å²) in [6.07, 6.45) is 1.55. The van der Waals surface area contributed by atoms with Gasteiger partial charge < -0.3 is 14.4 Å². The van der Waals surface area contributed by atoms with E-state index in [0.29, 0.717) is 33.4 Å². The quantitative estimate of drug-likeness (QED) is 0.862. The fraction of sp³-hybridized carbons (Fsp3) is 0.231. The van der Waals surface area contributed by atoms with E-state index >= 15 is 0 Å². The second-order valence-corrected chi connectivity index (χ2v) is 5.02. The van der Waals surface area contributed by atoms with Gasteiger partial charge in [0, 0.05) is 24.1 Å². The number of anilines is 1. The number of rotatable bonds is 4. The highest BCUT2D eigenvalue weighted by Gasteiger charge is 2.12. The third-order valence-corrected chi connectivity index (χ3v) is 2.82. The molecule has 5 nitrogen and oxygen atoms in total. The summed E-state index contributed by atoms with van der Waals surface area (Å²) >= 11 is 11.9. The van der Waals surface area contributed by atoms with Crippen LogP contribution in [-0.2, 0) is 0 Å². The SMILES string of the molecule is COc1cnc(N(C)C)nc1Oc1cc(Cl)cc(Cl)c1. The van der Waals surface area contributed by atoms with Gasteiger partial charge in [0.25, 0.3) is 5.88 Å². The second-order valence-electron chi connectivity index (χ2n) is 4.15. The summed E-state index contributed by atoms with van der Waals surface area (Å²) in [5.41, 5.74) is 0. The molecule has 0 bridgehead atoms. The van der Waals surface area contributed by atoms with E-state index in [0.717, 1.165) is 0 Å². The Kier molecular flexibility index (Phi) is 4.52. The number of benzene rings is 1. The van der Waals surface area contributed by atoms with Gasteiger partial charge in [0.1, 0.15) is 5.75 Å². The van der Waals surface area contributed by atoms with E-state index in [1.807, 2.05) is 14.1 Å². The maximum absolute atomic E-state index is 5.94. The van der Waals surface area contributed by atoms with Gasteiger partial charge in [0.15, 0.2) is 5.75 Å². The van der Waals surface area contributed by atoms with Crippen LogP contribution in [0.25, 0.3) is 0 Å². The average molecular weight is 314 g/mol. The number of aromatic nitrogens is 2. The maximum Gasteiger partial charge on any atom is 0.267 e. The predicted octanol–water partition coefficient (Wildman–Crippen LogP) is 3.65. The van der Waals surface area contributed by atoms with Crippen LogP contribution in [0, 0.1) is 0 Å². The van der Waals surface area contributed by atoms with Gasteiger partial charge in [-0.2, -0.15) is 4.98 Å². The van der Waals surface area contributed by atoms with E-state index in [1.165, 1.54) is 7.11 Å². The Labute approximate surface area is 127 Å². The Morgan fingerprint density at radius 1 is 1.10 bits per heavy atom. The molecule has 106 valence electrons. The third-order valence-electron chi connectivity index (χ3n) is 2.38. The molecule has 1 aromatic carbocycles. The van der Waals surface area contributed by atoms with E-state index in [4.69, 9.17) is 32.7 Å². The van der Waals surface area contributed by atoms with Gasteiger partial charge in [0.2, 0.25) is 5.95 Å². The monoisotopic (exact) mass is 313 g/mol. The van der Waals surface area contributed by atoms with Crippen LogP contribution in [0.2, 0.25) is 10.0 Å². The summed E-state index contributed by atoms with van der Waals surface area (Å²) in [6.45, 7) is 0. The largest absolute Gasteiger partial charge is 0.490 e. The topological polar surface area (TPSA) is 47.5 Å². The lowest BCUT2D eigenvalue weighted by Gasteiger charge is -2.14. The van der Waals surface area contributed by atoms with Crippen molar-refractivity contribution in [1.29, 1.82) is 0 Å². The number of hydrogen-bond donors (Lipinski definition) is 0. The molecule has 0 amide bonds. The predicted molar refractivity (Wildman–Crippen MR) is 79.4 cm³/mol. The summed E-state index contributed by atoms with van der Waals surface area (Å²) in [5, 5.41) is 0.960. The molecule has 0 aliphatic carbocycles. The molecule has 0 saturated heterocycles. The molecule has 1 aromatic heterocycles. The van der Waals surface area contributed by atoms with E-state index in [1.54, 1.807) is 29.3 Å². The standard InChI is InChI=1S/C13H13Cl2N3O2/c1-18(2)13-16-7-11(19-3)12(17-13)20-10-5-8(14)4-9(15)6-10/h4-7H,1-3H3. The summed E-state index contributed by atoms with van der Waals surface area (Å²) in [7, 11) is 5.19.